The van der Waals surface area contributed by atoms with Gasteiger partial charge in [0.15, 0.2) is 0 Å². The molecular formula is C11H20Si. The summed E-state index contributed by atoms with van der Waals surface area (Å²) < 4.78 is 0. The maximum atomic E-state index is 2.54. The summed E-state index contributed by atoms with van der Waals surface area (Å²) >= 11 is 0. The van der Waals surface area contributed by atoms with Crippen LogP contribution in [0.15, 0.2) is 23.6 Å². The molecule has 1 aliphatic heterocycles. The standard InChI is InChI=1S/C11H20Si/c1-3-5-8-12(9-6-4-2)10-7-11-12/h5-6,8-9H,3-4,7,10-11H2,1-2H3. The molecule has 0 unspecified atom stereocenters. The lowest BCUT2D eigenvalue weighted by atomic mass is 10.5. The minimum Gasteiger partial charge on any atom is -0.0944 e. The fourth-order valence-electron chi connectivity index (χ4n) is 1.68. The highest BCUT2D eigenvalue weighted by atomic mass is 28.3. The van der Waals surface area contributed by atoms with E-state index in [1.165, 1.54) is 31.4 Å². The van der Waals surface area contributed by atoms with Gasteiger partial charge in [-0.2, -0.15) is 0 Å². The zero-order valence-corrected chi connectivity index (χ0v) is 9.34. The molecule has 0 atom stereocenters. The Labute approximate surface area is 77.4 Å². The predicted molar refractivity (Wildman–Crippen MR) is 58.8 cm³/mol. The van der Waals surface area contributed by atoms with Crippen LogP contribution in [-0.4, -0.2) is 8.07 Å². The van der Waals surface area contributed by atoms with Crippen LogP contribution in [0.2, 0.25) is 12.1 Å². The molecule has 0 bridgehead atoms. The fourth-order valence-corrected chi connectivity index (χ4v) is 5.04. The maximum Gasteiger partial charge on any atom is 0.101 e. The quantitative estimate of drug-likeness (QED) is 0.576. The molecule has 0 saturated carbocycles. The average molecular weight is 180 g/mol. The third kappa shape index (κ3) is 2.34. The van der Waals surface area contributed by atoms with Gasteiger partial charge < -0.3 is 0 Å². The van der Waals surface area contributed by atoms with Crippen LogP contribution < -0.4 is 0 Å². The fraction of sp³-hybridized carbons (Fsp3) is 0.636. The molecule has 0 aromatic heterocycles. The van der Waals surface area contributed by atoms with Crippen molar-refractivity contribution in [2.75, 3.05) is 0 Å². The molecule has 0 amide bonds. The molecule has 68 valence electrons. The number of hydrogen-bond donors (Lipinski definition) is 0. The normalized spacial score (nSPS) is 21.8. The van der Waals surface area contributed by atoms with Gasteiger partial charge in [-0.25, -0.2) is 0 Å². The van der Waals surface area contributed by atoms with Crippen molar-refractivity contribution < 1.29 is 0 Å². The maximum absolute atomic E-state index is 2.54. The largest absolute Gasteiger partial charge is 0.101 e. The van der Waals surface area contributed by atoms with Crippen LogP contribution in [0.4, 0.5) is 0 Å². The lowest BCUT2D eigenvalue weighted by Gasteiger charge is -2.34. The Kier molecular flexibility index (Phi) is 3.80. The zero-order valence-electron chi connectivity index (χ0n) is 8.34. The van der Waals surface area contributed by atoms with Crippen molar-refractivity contribution in [3.8, 4) is 0 Å². The Morgan fingerprint density at radius 1 is 1.00 bits per heavy atom. The van der Waals surface area contributed by atoms with Crippen molar-refractivity contribution in [2.24, 2.45) is 0 Å². The molecule has 1 heterocycles. The number of rotatable bonds is 4. The van der Waals surface area contributed by atoms with Crippen LogP contribution in [0, 0.1) is 0 Å². The molecule has 0 aromatic rings. The SMILES string of the molecule is CCC=C[Si]1(C=CCC)CCC1. The van der Waals surface area contributed by atoms with E-state index in [1.54, 1.807) is 0 Å². The van der Waals surface area contributed by atoms with Crippen molar-refractivity contribution in [1.82, 2.24) is 0 Å². The van der Waals surface area contributed by atoms with Crippen molar-refractivity contribution >= 4 is 8.07 Å². The summed E-state index contributed by atoms with van der Waals surface area (Å²) in [6, 6.07) is 3.00. The summed E-state index contributed by atoms with van der Waals surface area (Å²) in [4.78, 5) is 0. The van der Waals surface area contributed by atoms with E-state index in [9.17, 15) is 0 Å². The third-order valence-electron chi connectivity index (χ3n) is 2.66. The first kappa shape index (κ1) is 9.78. The Balaban J connectivity index is 2.50. The van der Waals surface area contributed by atoms with E-state index in [2.05, 4.69) is 37.4 Å². The monoisotopic (exact) mass is 180 g/mol. The molecule has 1 fully saturated rings. The summed E-state index contributed by atoms with van der Waals surface area (Å²) in [5.74, 6) is 0. The molecule has 1 aliphatic rings. The summed E-state index contributed by atoms with van der Waals surface area (Å²) in [5.41, 5.74) is 5.09. The highest BCUT2D eigenvalue weighted by molar-refractivity contribution is 6.91. The molecule has 1 heteroatoms. The van der Waals surface area contributed by atoms with E-state index in [0.29, 0.717) is 0 Å². The van der Waals surface area contributed by atoms with Gasteiger partial charge in [-0.15, -0.1) is 0 Å². The Bertz CT molecular complexity index is 159. The molecule has 1 saturated heterocycles. The summed E-state index contributed by atoms with van der Waals surface area (Å²) in [6.45, 7) is 4.45. The Morgan fingerprint density at radius 3 is 1.75 bits per heavy atom. The first-order chi connectivity index (χ1) is 5.83. The third-order valence-corrected chi connectivity index (χ3v) is 7.02. The van der Waals surface area contributed by atoms with Crippen LogP contribution in [0.1, 0.15) is 33.1 Å². The summed E-state index contributed by atoms with van der Waals surface area (Å²) in [7, 11) is -0.946. The van der Waals surface area contributed by atoms with Crippen molar-refractivity contribution in [1.29, 1.82) is 0 Å². The van der Waals surface area contributed by atoms with Crippen LogP contribution in [0.3, 0.4) is 0 Å². The molecule has 0 nitrogen and oxygen atoms in total. The molecule has 0 spiro atoms. The minimum absolute atomic E-state index is 0.946. The molecule has 0 aromatic carbocycles. The second-order valence-corrected chi connectivity index (χ2v) is 7.84. The first-order valence-electron chi connectivity index (χ1n) is 5.18. The molecule has 0 N–H and O–H groups in total. The van der Waals surface area contributed by atoms with E-state index < -0.39 is 8.07 Å². The minimum atomic E-state index is -0.946. The van der Waals surface area contributed by atoms with Crippen molar-refractivity contribution in [3.05, 3.63) is 23.6 Å². The van der Waals surface area contributed by atoms with E-state index >= 15 is 0 Å². The van der Waals surface area contributed by atoms with E-state index in [-0.39, 0.29) is 0 Å². The molecule has 1 rings (SSSR count). The highest BCUT2D eigenvalue weighted by Crippen LogP contribution is 2.34. The van der Waals surface area contributed by atoms with Gasteiger partial charge in [0.05, 0.1) is 0 Å². The van der Waals surface area contributed by atoms with Gasteiger partial charge in [-0.05, 0) is 12.8 Å². The van der Waals surface area contributed by atoms with E-state index in [1.807, 2.05) is 0 Å². The lowest BCUT2D eigenvalue weighted by molar-refractivity contribution is 0.923. The second-order valence-electron chi connectivity index (χ2n) is 3.71. The van der Waals surface area contributed by atoms with Gasteiger partial charge in [0.1, 0.15) is 8.07 Å². The zero-order chi connectivity index (χ0) is 8.86. The molecule has 0 aliphatic carbocycles. The van der Waals surface area contributed by atoms with Gasteiger partial charge in [0, 0.05) is 0 Å². The van der Waals surface area contributed by atoms with Crippen LogP contribution >= 0.6 is 0 Å². The van der Waals surface area contributed by atoms with Gasteiger partial charge in [-0.1, -0.05) is 55.9 Å². The predicted octanol–water partition coefficient (Wildman–Crippen LogP) is 3.85. The van der Waals surface area contributed by atoms with Crippen molar-refractivity contribution in [3.63, 3.8) is 0 Å². The summed E-state index contributed by atoms with van der Waals surface area (Å²) in [6.07, 6.45) is 8.61. The molecule has 12 heavy (non-hydrogen) atoms. The smallest absolute Gasteiger partial charge is 0.0944 e. The lowest BCUT2D eigenvalue weighted by Crippen LogP contribution is -2.37. The van der Waals surface area contributed by atoms with Crippen LogP contribution in [0.5, 0.6) is 0 Å². The van der Waals surface area contributed by atoms with Crippen molar-refractivity contribution in [2.45, 2.75) is 45.2 Å². The van der Waals surface area contributed by atoms with Crippen LogP contribution in [-0.2, 0) is 0 Å². The first-order valence-corrected chi connectivity index (χ1v) is 7.75. The van der Waals surface area contributed by atoms with E-state index in [4.69, 9.17) is 0 Å². The number of allylic oxidation sites excluding steroid dienone is 2. The van der Waals surface area contributed by atoms with Gasteiger partial charge in [-0.3, -0.25) is 0 Å². The highest BCUT2D eigenvalue weighted by Gasteiger charge is 2.33. The summed E-state index contributed by atoms with van der Waals surface area (Å²) in [5, 5.41) is 0. The van der Waals surface area contributed by atoms with E-state index in [0.717, 1.165) is 0 Å². The Hall–Kier alpha value is -0.303. The van der Waals surface area contributed by atoms with Gasteiger partial charge in [0.2, 0.25) is 0 Å². The topological polar surface area (TPSA) is 0 Å². The number of hydrogen-bond acceptors (Lipinski definition) is 0. The Morgan fingerprint density at radius 2 is 1.50 bits per heavy atom. The van der Waals surface area contributed by atoms with Gasteiger partial charge in [0.25, 0.3) is 0 Å². The van der Waals surface area contributed by atoms with Crippen LogP contribution in [0.25, 0.3) is 0 Å². The molecular weight excluding hydrogens is 160 g/mol. The second kappa shape index (κ2) is 4.66. The average Bonchev–Trinajstić information content (AvgIpc) is 2.02. The molecule has 0 radical (unpaired) electrons. The van der Waals surface area contributed by atoms with Gasteiger partial charge >= 0.3 is 0 Å².